The van der Waals surface area contributed by atoms with E-state index in [1.54, 1.807) is 6.33 Å². The van der Waals surface area contributed by atoms with E-state index in [1.807, 2.05) is 19.9 Å². The van der Waals surface area contributed by atoms with Gasteiger partial charge in [-0.1, -0.05) is 0 Å². The summed E-state index contributed by atoms with van der Waals surface area (Å²) in [5.41, 5.74) is 5.81. The molecule has 3 N–H and O–H groups in total. The average Bonchev–Trinajstić information content (AvgIpc) is 2.25. The fourth-order valence-corrected chi connectivity index (χ4v) is 2.11. The molecular formula is C14H25N5. The van der Waals surface area contributed by atoms with Gasteiger partial charge in [-0.2, -0.15) is 0 Å². The van der Waals surface area contributed by atoms with Gasteiger partial charge >= 0.3 is 0 Å². The van der Waals surface area contributed by atoms with E-state index in [9.17, 15) is 0 Å². The molecule has 0 bridgehead atoms. The summed E-state index contributed by atoms with van der Waals surface area (Å²) in [5.74, 6) is 1.87. The number of anilines is 2. The predicted octanol–water partition coefficient (Wildman–Crippen LogP) is 2.00. The fraction of sp³-hybridized carbons (Fsp3) is 0.714. The maximum absolute atomic E-state index is 5.96. The second kappa shape index (κ2) is 5.74. The van der Waals surface area contributed by atoms with Crippen molar-refractivity contribution in [2.75, 3.05) is 23.8 Å². The summed E-state index contributed by atoms with van der Waals surface area (Å²) in [6, 6.07) is 2.66. The van der Waals surface area contributed by atoms with Crippen LogP contribution in [-0.2, 0) is 0 Å². The van der Waals surface area contributed by atoms with Gasteiger partial charge < -0.3 is 16.0 Å². The van der Waals surface area contributed by atoms with Crippen LogP contribution in [0.1, 0.15) is 39.5 Å². The third-order valence-corrected chi connectivity index (χ3v) is 3.71. The Hall–Kier alpha value is -1.36. The topological polar surface area (TPSA) is 67.1 Å². The molecule has 0 atom stereocenters. The number of rotatable bonds is 6. The first-order valence-electron chi connectivity index (χ1n) is 7.03. The first kappa shape index (κ1) is 14.1. The van der Waals surface area contributed by atoms with Crippen LogP contribution in [0.5, 0.6) is 0 Å². The van der Waals surface area contributed by atoms with Crippen LogP contribution < -0.4 is 16.0 Å². The Morgan fingerprint density at radius 1 is 1.42 bits per heavy atom. The maximum atomic E-state index is 5.96. The lowest BCUT2D eigenvalue weighted by Gasteiger charge is -2.35. The highest BCUT2D eigenvalue weighted by Gasteiger charge is 2.23. The molecule has 0 aromatic carbocycles. The molecule has 106 valence electrons. The second-order valence-electron chi connectivity index (χ2n) is 6.12. The summed E-state index contributed by atoms with van der Waals surface area (Å²) in [6.07, 6.45) is 6.40. The summed E-state index contributed by atoms with van der Waals surface area (Å²) in [5, 5.41) is 3.31. The lowest BCUT2D eigenvalue weighted by molar-refractivity contribution is 0.399. The summed E-state index contributed by atoms with van der Waals surface area (Å²) < 4.78 is 0. The van der Waals surface area contributed by atoms with Crippen molar-refractivity contribution in [3.05, 3.63) is 12.4 Å². The Kier molecular flexibility index (Phi) is 4.24. The third kappa shape index (κ3) is 4.06. The Labute approximate surface area is 115 Å². The molecule has 5 nitrogen and oxygen atoms in total. The smallest absolute Gasteiger partial charge is 0.134 e. The number of nitrogens with zero attached hydrogens (tertiary/aromatic N) is 3. The molecule has 5 heteroatoms. The molecule has 1 saturated carbocycles. The standard InChI is InChI=1S/C14H25N5/c1-14(2,15)7-8-16-12-9-13(18-10-17-12)19(3)11-5-4-6-11/h9-11H,4-8,15H2,1-3H3,(H,16,17,18). The van der Waals surface area contributed by atoms with Gasteiger partial charge in [-0.25, -0.2) is 9.97 Å². The minimum atomic E-state index is -0.147. The Bertz CT molecular complexity index is 409. The molecule has 1 aromatic rings. The summed E-state index contributed by atoms with van der Waals surface area (Å²) in [4.78, 5) is 10.9. The molecule has 19 heavy (non-hydrogen) atoms. The highest BCUT2D eigenvalue weighted by atomic mass is 15.2. The molecule has 0 unspecified atom stereocenters. The van der Waals surface area contributed by atoms with Gasteiger partial charge in [0.2, 0.25) is 0 Å². The zero-order valence-corrected chi connectivity index (χ0v) is 12.2. The quantitative estimate of drug-likeness (QED) is 0.821. The zero-order valence-electron chi connectivity index (χ0n) is 12.2. The van der Waals surface area contributed by atoms with Crippen LogP contribution in [0.15, 0.2) is 12.4 Å². The Balaban J connectivity index is 1.91. The van der Waals surface area contributed by atoms with Gasteiger partial charge in [-0.05, 0) is 39.5 Å². The Morgan fingerprint density at radius 3 is 2.74 bits per heavy atom. The molecule has 1 fully saturated rings. The van der Waals surface area contributed by atoms with Crippen molar-refractivity contribution in [3.8, 4) is 0 Å². The summed E-state index contributed by atoms with van der Waals surface area (Å²) in [7, 11) is 2.11. The highest BCUT2D eigenvalue weighted by Crippen LogP contribution is 2.27. The summed E-state index contributed by atoms with van der Waals surface area (Å²) >= 11 is 0. The van der Waals surface area contributed by atoms with Crippen LogP contribution in [0.3, 0.4) is 0 Å². The molecular weight excluding hydrogens is 238 g/mol. The highest BCUT2D eigenvalue weighted by molar-refractivity contribution is 5.48. The molecule has 0 saturated heterocycles. The van der Waals surface area contributed by atoms with Crippen LogP contribution >= 0.6 is 0 Å². The number of nitrogens with one attached hydrogen (secondary N) is 1. The van der Waals surface area contributed by atoms with E-state index >= 15 is 0 Å². The molecule has 1 aliphatic carbocycles. The number of aromatic nitrogens is 2. The lowest BCUT2D eigenvalue weighted by atomic mass is 9.92. The molecule has 1 heterocycles. The molecule has 0 spiro atoms. The minimum absolute atomic E-state index is 0.147. The van der Waals surface area contributed by atoms with E-state index in [-0.39, 0.29) is 5.54 Å². The first-order chi connectivity index (χ1) is 8.96. The van der Waals surface area contributed by atoms with Crippen LogP contribution in [0, 0.1) is 0 Å². The minimum Gasteiger partial charge on any atom is -0.370 e. The van der Waals surface area contributed by atoms with E-state index in [4.69, 9.17) is 5.73 Å². The van der Waals surface area contributed by atoms with Crippen LogP contribution in [-0.4, -0.2) is 35.1 Å². The third-order valence-electron chi connectivity index (χ3n) is 3.71. The van der Waals surface area contributed by atoms with Crippen LogP contribution in [0.25, 0.3) is 0 Å². The maximum Gasteiger partial charge on any atom is 0.134 e. The van der Waals surface area contributed by atoms with Gasteiger partial charge in [0.15, 0.2) is 0 Å². The van der Waals surface area contributed by atoms with Crippen molar-refractivity contribution < 1.29 is 0 Å². The molecule has 1 aliphatic rings. The fourth-order valence-electron chi connectivity index (χ4n) is 2.11. The van der Waals surface area contributed by atoms with Gasteiger partial charge in [-0.3, -0.25) is 0 Å². The van der Waals surface area contributed by atoms with Gasteiger partial charge in [0, 0.05) is 31.2 Å². The first-order valence-corrected chi connectivity index (χ1v) is 7.03. The van der Waals surface area contributed by atoms with Crippen molar-refractivity contribution >= 4 is 11.6 Å². The van der Waals surface area contributed by atoms with Crippen molar-refractivity contribution in [1.82, 2.24) is 9.97 Å². The summed E-state index contributed by atoms with van der Waals surface area (Å²) in [6.45, 7) is 4.89. The molecule has 0 radical (unpaired) electrons. The van der Waals surface area contributed by atoms with Crippen LogP contribution in [0.2, 0.25) is 0 Å². The molecule has 0 aliphatic heterocycles. The number of nitrogens with two attached hydrogens (primary N) is 1. The predicted molar refractivity (Wildman–Crippen MR) is 79.4 cm³/mol. The number of hydrogen-bond donors (Lipinski definition) is 2. The van der Waals surface area contributed by atoms with Crippen molar-refractivity contribution in [2.24, 2.45) is 5.73 Å². The second-order valence-corrected chi connectivity index (χ2v) is 6.12. The van der Waals surface area contributed by atoms with Gasteiger partial charge in [0.05, 0.1) is 0 Å². The van der Waals surface area contributed by atoms with E-state index < -0.39 is 0 Å². The monoisotopic (exact) mass is 263 g/mol. The lowest BCUT2D eigenvalue weighted by Crippen LogP contribution is -2.37. The largest absolute Gasteiger partial charge is 0.370 e. The van der Waals surface area contributed by atoms with E-state index in [1.165, 1.54) is 19.3 Å². The average molecular weight is 263 g/mol. The van der Waals surface area contributed by atoms with E-state index in [0.29, 0.717) is 6.04 Å². The van der Waals surface area contributed by atoms with E-state index in [0.717, 1.165) is 24.6 Å². The van der Waals surface area contributed by atoms with Crippen LogP contribution in [0.4, 0.5) is 11.6 Å². The Morgan fingerprint density at radius 2 is 2.16 bits per heavy atom. The molecule has 2 rings (SSSR count). The number of hydrogen-bond acceptors (Lipinski definition) is 5. The zero-order chi connectivity index (χ0) is 13.9. The van der Waals surface area contributed by atoms with Gasteiger partial charge in [-0.15, -0.1) is 0 Å². The molecule has 1 aromatic heterocycles. The SMILES string of the molecule is CN(c1cc(NCCC(C)(C)N)ncn1)C1CCC1. The molecule has 0 amide bonds. The normalized spacial score (nSPS) is 16.0. The van der Waals surface area contributed by atoms with Crippen molar-refractivity contribution in [1.29, 1.82) is 0 Å². The van der Waals surface area contributed by atoms with Crippen molar-refractivity contribution in [3.63, 3.8) is 0 Å². The van der Waals surface area contributed by atoms with Gasteiger partial charge in [0.25, 0.3) is 0 Å². The van der Waals surface area contributed by atoms with Gasteiger partial charge in [0.1, 0.15) is 18.0 Å². The van der Waals surface area contributed by atoms with Crippen molar-refractivity contribution in [2.45, 2.75) is 51.1 Å². The van der Waals surface area contributed by atoms with E-state index in [2.05, 4.69) is 27.2 Å².